The normalized spacial score (nSPS) is 16.7. The molecule has 0 aromatic heterocycles. The molecule has 0 N–H and O–H groups in total. The molecular weight excluding hydrogens is 351 g/mol. The molecule has 2 aromatic rings. The number of piperazine rings is 1. The number of halogens is 1. The van der Waals surface area contributed by atoms with E-state index in [1.165, 1.54) is 12.1 Å². The van der Waals surface area contributed by atoms with Crippen molar-refractivity contribution < 1.29 is 12.8 Å². The van der Waals surface area contributed by atoms with Crippen LogP contribution in [0.5, 0.6) is 0 Å². The maximum absolute atomic E-state index is 12.9. The number of sulfonamides is 1. The number of rotatable bonds is 6. The Bertz CT molecular complexity index is 812. The van der Waals surface area contributed by atoms with Crippen LogP contribution in [0.1, 0.15) is 18.1 Å². The summed E-state index contributed by atoms with van der Waals surface area (Å²) in [6, 6.07) is 13.7. The Morgan fingerprint density at radius 3 is 2.04 bits per heavy atom. The van der Waals surface area contributed by atoms with E-state index >= 15 is 0 Å². The quantitative estimate of drug-likeness (QED) is 0.778. The molecule has 140 valence electrons. The second-order valence-electron chi connectivity index (χ2n) is 6.62. The van der Waals surface area contributed by atoms with Crippen molar-refractivity contribution in [2.24, 2.45) is 0 Å². The van der Waals surface area contributed by atoms with Crippen LogP contribution < -0.4 is 0 Å². The average molecular weight is 376 g/mol. The van der Waals surface area contributed by atoms with Crippen molar-refractivity contribution in [3.63, 3.8) is 0 Å². The van der Waals surface area contributed by atoms with Crippen molar-refractivity contribution in [3.05, 3.63) is 65.5 Å². The molecule has 1 heterocycles. The van der Waals surface area contributed by atoms with E-state index in [4.69, 9.17) is 0 Å². The van der Waals surface area contributed by atoms with Gasteiger partial charge >= 0.3 is 0 Å². The molecule has 0 spiro atoms. The predicted molar refractivity (Wildman–Crippen MR) is 101 cm³/mol. The summed E-state index contributed by atoms with van der Waals surface area (Å²) < 4.78 is 40.1. The summed E-state index contributed by atoms with van der Waals surface area (Å²) in [6.07, 6.45) is 1.73. The van der Waals surface area contributed by atoms with Crippen LogP contribution in [0.4, 0.5) is 4.39 Å². The molecule has 1 aliphatic heterocycles. The minimum atomic E-state index is -3.42. The summed E-state index contributed by atoms with van der Waals surface area (Å²) in [5, 5.41) is 0. The molecule has 1 fully saturated rings. The Balaban J connectivity index is 1.54. The third-order valence-corrected chi connectivity index (χ3v) is 6.84. The van der Waals surface area contributed by atoms with Crippen molar-refractivity contribution in [1.29, 1.82) is 0 Å². The zero-order valence-corrected chi connectivity index (χ0v) is 15.9. The molecule has 26 heavy (non-hydrogen) atoms. The topological polar surface area (TPSA) is 40.6 Å². The zero-order valence-electron chi connectivity index (χ0n) is 15.1. The van der Waals surface area contributed by atoms with E-state index in [-0.39, 0.29) is 5.82 Å². The Labute approximate surface area is 155 Å². The Morgan fingerprint density at radius 1 is 0.885 bits per heavy atom. The van der Waals surface area contributed by atoms with E-state index in [0.29, 0.717) is 31.1 Å². The second-order valence-corrected chi connectivity index (χ2v) is 8.56. The van der Waals surface area contributed by atoms with E-state index in [2.05, 4.69) is 11.8 Å². The molecule has 1 aliphatic rings. The molecule has 0 radical (unpaired) electrons. The molecule has 0 unspecified atom stereocenters. The summed E-state index contributed by atoms with van der Waals surface area (Å²) >= 11 is 0. The summed E-state index contributed by atoms with van der Waals surface area (Å²) in [5.74, 6) is -0.223. The summed E-state index contributed by atoms with van der Waals surface area (Å²) in [7, 11) is -3.42. The van der Waals surface area contributed by atoms with Gasteiger partial charge < -0.3 is 4.90 Å². The highest BCUT2D eigenvalue weighted by Gasteiger charge is 2.28. The lowest BCUT2D eigenvalue weighted by molar-refractivity contribution is 0.190. The SMILES string of the molecule is CCc1ccc(S(=O)(=O)N2CCN(CCc3ccc(F)cc3)CC2)cc1. The highest BCUT2D eigenvalue weighted by atomic mass is 32.2. The molecule has 0 atom stereocenters. The smallest absolute Gasteiger partial charge is 0.243 e. The van der Waals surface area contributed by atoms with Gasteiger partial charge in [0.15, 0.2) is 0 Å². The first-order valence-corrected chi connectivity index (χ1v) is 10.5. The molecule has 0 amide bonds. The standard InChI is InChI=1S/C20H25FN2O2S/c1-2-17-5-9-20(10-6-17)26(24,25)23-15-13-22(14-16-23)12-11-18-3-7-19(21)8-4-18/h3-10H,2,11-16H2,1H3. The highest BCUT2D eigenvalue weighted by Crippen LogP contribution is 2.18. The summed E-state index contributed by atoms with van der Waals surface area (Å²) in [5.41, 5.74) is 2.23. The highest BCUT2D eigenvalue weighted by molar-refractivity contribution is 7.89. The third kappa shape index (κ3) is 4.50. The van der Waals surface area contributed by atoms with Gasteiger partial charge in [0.2, 0.25) is 10.0 Å². The van der Waals surface area contributed by atoms with Crippen LogP contribution >= 0.6 is 0 Å². The number of nitrogens with zero attached hydrogens (tertiary/aromatic N) is 2. The van der Waals surface area contributed by atoms with Crippen LogP contribution in [-0.4, -0.2) is 50.3 Å². The lowest BCUT2D eigenvalue weighted by atomic mass is 10.1. The maximum atomic E-state index is 12.9. The van der Waals surface area contributed by atoms with Gasteiger partial charge in [0.25, 0.3) is 0 Å². The zero-order chi connectivity index (χ0) is 18.6. The Morgan fingerprint density at radius 2 is 1.46 bits per heavy atom. The molecular formula is C20H25FN2O2S. The maximum Gasteiger partial charge on any atom is 0.243 e. The average Bonchev–Trinajstić information content (AvgIpc) is 2.68. The molecule has 0 bridgehead atoms. The minimum absolute atomic E-state index is 0.223. The van der Waals surface area contributed by atoms with Crippen LogP contribution in [0.3, 0.4) is 0 Å². The Kier molecular flexibility index (Phi) is 6.06. The largest absolute Gasteiger partial charge is 0.300 e. The first kappa shape index (κ1) is 19.0. The van der Waals surface area contributed by atoms with Crippen molar-refractivity contribution >= 4 is 10.0 Å². The molecule has 1 saturated heterocycles. The molecule has 2 aromatic carbocycles. The first-order chi connectivity index (χ1) is 12.5. The lowest BCUT2D eigenvalue weighted by Crippen LogP contribution is -2.48. The van der Waals surface area contributed by atoms with E-state index < -0.39 is 10.0 Å². The lowest BCUT2D eigenvalue weighted by Gasteiger charge is -2.34. The van der Waals surface area contributed by atoms with E-state index in [0.717, 1.165) is 30.5 Å². The number of aryl methyl sites for hydroxylation is 1. The molecule has 0 aliphatic carbocycles. The van der Waals surface area contributed by atoms with Crippen molar-refractivity contribution in [2.75, 3.05) is 32.7 Å². The molecule has 0 saturated carbocycles. The van der Waals surface area contributed by atoms with Crippen LogP contribution in [0.15, 0.2) is 53.4 Å². The predicted octanol–water partition coefficient (Wildman–Crippen LogP) is 2.94. The fourth-order valence-corrected chi connectivity index (χ4v) is 4.60. The van der Waals surface area contributed by atoms with Crippen LogP contribution in [-0.2, 0) is 22.9 Å². The number of benzene rings is 2. The van der Waals surface area contributed by atoms with Gasteiger partial charge in [-0.05, 0) is 48.2 Å². The number of hydrogen-bond acceptors (Lipinski definition) is 3. The van der Waals surface area contributed by atoms with Crippen LogP contribution in [0.2, 0.25) is 0 Å². The van der Waals surface area contributed by atoms with Crippen LogP contribution in [0, 0.1) is 5.82 Å². The third-order valence-electron chi connectivity index (χ3n) is 4.93. The van der Waals surface area contributed by atoms with Gasteiger partial charge in [-0.2, -0.15) is 4.31 Å². The van der Waals surface area contributed by atoms with Gasteiger partial charge in [0.1, 0.15) is 5.82 Å². The fourth-order valence-electron chi connectivity index (χ4n) is 3.18. The minimum Gasteiger partial charge on any atom is -0.300 e. The summed E-state index contributed by atoms with van der Waals surface area (Å²) in [6.45, 7) is 5.34. The molecule has 6 heteroatoms. The Hall–Kier alpha value is -1.76. The van der Waals surface area contributed by atoms with E-state index in [1.807, 2.05) is 12.1 Å². The molecule has 3 rings (SSSR count). The van der Waals surface area contributed by atoms with Gasteiger partial charge in [-0.3, -0.25) is 0 Å². The van der Waals surface area contributed by atoms with Crippen molar-refractivity contribution in [2.45, 2.75) is 24.7 Å². The van der Waals surface area contributed by atoms with Gasteiger partial charge in [-0.25, -0.2) is 12.8 Å². The van der Waals surface area contributed by atoms with Gasteiger partial charge in [-0.15, -0.1) is 0 Å². The van der Waals surface area contributed by atoms with E-state index in [1.54, 1.807) is 28.6 Å². The van der Waals surface area contributed by atoms with Crippen LogP contribution in [0.25, 0.3) is 0 Å². The first-order valence-electron chi connectivity index (χ1n) is 9.05. The van der Waals surface area contributed by atoms with E-state index in [9.17, 15) is 12.8 Å². The second kappa shape index (κ2) is 8.29. The summed E-state index contributed by atoms with van der Waals surface area (Å²) in [4.78, 5) is 2.63. The number of hydrogen-bond donors (Lipinski definition) is 0. The monoisotopic (exact) mass is 376 g/mol. The molecule has 4 nitrogen and oxygen atoms in total. The van der Waals surface area contributed by atoms with Gasteiger partial charge in [0.05, 0.1) is 4.90 Å². The van der Waals surface area contributed by atoms with Gasteiger partial charge in [-0.1, -0.05) is 31.2 Å². The van der Waals surface area contributed by atoms with Crippen molar-refractivity contribution in [3.8, 4) is 0 Å². The fraction of sp³-hybridized carbons (Fsp3) is 0.400. The van der Waals surface area contributed by atoms with Gasteiger partial charge in [0, 0.05) is 32.7 Å². The van der Waals surface area contributed by atoms with Crippen molar-refractivity contribution in [1.82, 2.24) is 9.21 Å².